The zero-order chi connectivity index (χ0) is 14.2. The second-order valence-corrected chi connectivity index (χ2v) is 4.42. The van der Waals surface area contributed by atoms with Gasteiger partial charge in [-0.3, -0.25) is 14.9 Å². The van der Waals surface area contributed by atoms with Gasteiger partial charge in [-0.05, 0) is 19.1 Å². The summed E-state index contributed by atoms with van der Waals surface area (Å²) in [7, 11) is 1.43. The van der Waals surface area contributed by atoms with Crippen molar-refractivity contribution < 1.29 is 19.1 Å². The van der Waals surface area contributed by atoms with Crippen LogP contribution in [0.4, 0.5) is 10.5 Å². The first-order chi connectivity index (χ1) is 8.95. The zero-order valence-electron chi connectivity index (χ0n) is 10.3. The van der Waals surface area contributed by atoms with Gasteiger partial charge >= 0.3 is 6.03 Å². The lowest BCUT2D eigenvalue weighted by atomic mass is 10.1. The molecule has 0 aliphatic carbocycles. The summed E-state index contributed by atoms with van der Waals surface area (Å²) in [6, 6.07) is 3.70. The smallest absolute Gasteiger partial charge is 0.335 e. The number of nitrogens with zero attached hydrogens (tertiary/aromatic N) is 1. The van der Waals surface area contributed by atoms with Gasteiger partial charge in [-0.15, -0.1) is 0 Å². The fourth-order valence-corrected chi connectivity index (χ4v) is 1.90. The number of amides is 4. The van der Waals surface area contributed by atoms with Gasteiger partial charge in [-0.25, -0.2) is 9.69 Å². The van der Waals surface area contributed by atoms with Gasteiger partial charge in [-0.2, -0.15) is 0 Å². The van der Waals surface area contributed by atoms with E-state index in [9.17, 15) is 14.4 Å². The fourth-order valence-electron chi connectivity index (χ4n) is 1.71. The van der Waals surface area contributed by atoms with Gasteiger partial charge in [0.05, 0.1) is 17.8 Å². The van der Waals surface area contributed by atoms with Gasteiger partial charge in [-0.1, -0.05) is 11.6 Å². The summed E-state index contributed by atoms with van der Waals surface area (Å²) >= 11 is 5.88. The van der Waals surface area contributed by atoms with E-state index in [4.69, 9.17) is 16.3 Å². The number of urea groups is 1. The van der Waals surface area contributed by atoms with Crippen LogP contribution in [0.3, 0.4) is 0 Å². The van der Waals surface area contributed by atoms with Crippen LogP contribution in [-0.2, 0) is 9.59 Å². The fraction of sp³-hybridized carbons (Fsp3) is 0.250. The Labute approximate surface area is 114 Å². The molecule has 1 aromatic rings. The van der Waals surface area contributed by atoms with Gasteiger partial charge < -0.3 is 4.74 Å². The molecular weight excluding hydrogens is 272 g/mol. The Bertz CT molecular complexity index is 573. The molecule has 19 heavy (non-hydrogen) atoms. The summed E-state index contributed by atoms with van der Waals surface area (Å²) in [6.07, 6.45) is 0. The number of carbonyl (C=O) groups is 3. The first-order valence-corrected chi connectivity index (χ1v) is 5.86. The lowest BCUT2D eigenvalue weighted by Gasteiger charge is -2.28. The number of anilines is 1. The monoisotopic (exact) mass is 282 g/mol. The number of nitrogens with one attached hydrogen (secondary N) is 1. The minimum atomic E-state index is -0.917. The number of methoxy groups -OCH3 is 1. The van der Waals surface area contributed by atoms with Crippen molar-refractivity contribution in [3.8, 4) is 5.75 Å². The molecule has 0 bridgehead atoms. The molecule has 1 aromatic carbocycles. The van der Waals surface area contributed by atoms with E-state index in [0.717, 1.165) is 4.90 Å². The number of barbiturate groups is 1. The maximum Gasteiger partial charge on any atom is 0.335 e. The third-order valence-electron chi connectivity index (χ3n) is 2.81. The standard InChI is InChI=1S/C12H11ClN2O4/c1-6-10(16)14-12(18)15(11(6)17)7-3-4-8(13)9(5-7)19-2/h3-6H,1-2H3,(H,14,16,18). The summed E-state index contributed by atoms with van der Waals surface area (Å²) in [5, 5.41) is 2.47. The Morgan fingerprint density at radius 1 is 1.32 bits per heavy atom. The van der Waals surface area contributed by atoms with Crippen molar-refractivity contribution in [2.75, 3.05) is 12.0 Å². The van der Waals surface area contributed by atoms with E-state index < -0.39 is 23.8 Å². The molecule has 0 saturated carbocycles. The molecular formula is C12H11ClN2O4. The molecule has 4 amide bonds. The molecule has 7 heteroatoms. The van der Waals surface area contributed by atoms with Crippen molar-refractivity contribution in [2.24, 2.45) is 5.92 Å². The molecule has 1 aliphatic heterocycles. The highest BCUT2D eigenvalue weighted by atomic mass is 35.5. The number of rotatable bonds is 2. The SMILES string of the molecule is COc1cc(N2C(=O)NC(=O)C(C)C2=O)ccc1Cl. The summed E-state index contributed by atoms with van der Waals surface area (Å²) in [5.41, 5.74) is 0.295. The van der Waals surface area contributed by atoms with Crippen LogP contribution in [0.25, 0.3) is 0 Å². The topological polar surface area (TPSA) is 75.7 Å². The molecule has 6 nitrogen and oxygen atoms in total. The number of imide groups is 2. The lowest BCUT2D eigenvalue weighted by molar-refractivity contribution is -0.133. The number of hydrogen-bond donors (Lipinski definition) is 1. The molecule has 1 N–H and O–H groups in total. The molecule has 0 spiro atoms. The van der Waals surface area contributed by atoms with Crippen LogP contribution in [0.5, 0.6) is 5.75 Å². The van der Waals surface area contributed by atoms with Crippen LogP contribution >= 0.6 is 11.6 Å². The molecule has 100 valence electrons. The van der Waals surface area contributed by atoms with Crippen molar-refractivity contribution in [1.29, 1.82) is 0 Å². The highest BCUT2D eigenvalue weighted by Gasteiger charge is 2.38. The number of carbonyl (C=O) groups excluding carboxylic acids is 3. The Morgan fingerprint density at radius 3 is 2.63 bits per heavy atom. The van der Waals surface area contributed by atoms with Gasteiger partial charge in [0.1, 0.15) is 11.7 Å². The van der Waals surface area contributed by atoms with Gasteiger partial charge in [0.2, 0.25) is 11.8 Å². The van der Waals surface area contributed by atoms with Crippen molar-refractivity contribution in [3.05, 3.63) is 23.2 Å². The quantitative estimate of drug-likeness (QED) is 0.836. The zero-order valence-corrected chi connectivity index (χ0v) is 11.0. The van der Waals surface area contributed by atoms with Gasteiger partial charge in [0.15, 0.2) is 0 Å². The van der Waals surface area contributed by atoms with E-state index >= 15 is 0 Å². The normalized spacial score (nSPS) is 19.4. The van der Waals surface area contributed by atoms with Gasteiger partial charge in [0.25, 0.3) is 0 Å². The molecule has 1 saturated heterocycles. The highest BCUT2D eigenvalue weighted by Crippen LogP contribution is 2.30. The van der Waals surface area contributed by atoms with Crippen LogP contribution in [0.15, 0.2) is 18.2 Å². The molecule has 1 atom stereocenters. The summed E-state index contributed by atoms with van der Waals surface area (Å²) in [4.78, 5) is 36.0. The predicted octanol–water partition coefficient (Wildman–Crippen LogP) is 1.57. The molecule has 1 unspecified atom stereocenters. The predicted molar refractivity (Wildman–Crippen MR) is 68.2 cm³/mol. The van der Waals surface area contributed by atoms with E-state index in [1.54, 1.807) is 0 Å². The molecule has 1 aliphatic rings. The average Bonchev–Trinajstić information content (AvgIpc) is 2.38. The van der Waals surface area contributed by atoms with Crippen molar-refractivity contribution in [3.63, 3.8) is 0 Å². The third kappa shape index (κ3) is 2.26. The Balaban J connectivity index is 2.43. The molecule has 0 aromatic heterocycles. The van der Waals surface area contributed by atoms with Crippen LogP contribution in [-0.4, -0.2) is 25.0 Å². The van der Waals surface area contributed by atoms with Crippen LogP contribution < -0.4 is 15.0 Å². The van der Waals surface area contributed by atoms with E-state index in [1.807, 2.05) is 0 Å². The summed E-state index contributed by atoms with van der Waals surface area (Å²) in [6.45, 7) is 1.43. The third-order valence-corrected chi connectivity index (χ3v) is 3.12. The van der Waals surface area contributed by atoms with Crippen LogP contribution in [0, 0.1) is 5.92 Å². The van der Waals surface area contributed by atoms with Gasteiger partial charge in [0, 0.05) is 6.07 Å². The molecule has 0 radical (unpaired) electrons. The Morgan fingerprint density at radius 2 is 2.00 bits per heavy atom. The Kier molecular flexibility index (Phi) is 3.44. The minimum Gasteiger partial charge on any atom is -0.495 e. The van der Waals surface area contributed by atoms with Crippen LogP contribution in [0.1, 0.15) is 6.92 Å². The van der Waals surface area contributed by atoms with Crippen molar-refractivity contribution in [2.45, 2.75) is 6.92 Å². The molecule has 2 rings (SSSR count). The largest absolute Gasteiger partial charge is 0.495 e. The van der Waals surface area contributed by atoms with Crippen LogP contribution in [0.2, 0.25) is 5.02 Å². The van der Waals surface area contributed by atoms with E-state index in [-0.39, 0.29) is 0 Å². The van der Waals surface area contributed by atoms with Crippen molar-refractivity contribution >= 4 is 35.1 Å². The average molecular weight is 283 g/mol. The Hall–Kier alpha value is -2.08. The van der Waals surface area contributed by atoms with E-state index in [1.165, 1.54) is 32.2 Å². The second kappa shape index (κ2) is 4.89. The first-order valence-electron chi connectivity index (χ1n) is 5.48. The molecule has 1 heterocycles. The summed E-state index contributed by atoms with van der Waals surface area (Å²) < 4.78 is 5.03. The first kappa shape index (κ1) is 13.4. The maximum atomic E-state index is 12.0. The maximum absolute atomic E-state index is 12.0. The number of ether oxygens (including phenoxy) is 1. The lowest BCUT2D eigenvalue weighted by Crippen LogP contribution is -2.57. The second-order valence-electron chi connectivity index (χ2n) is 4.01. The summed E-state index contributed by atoms with van der Waals surface area (Å²) in [5.74, 6) is -1.77. The molecule has 1 fully saturated rings. The minimum absolute atomic E-state index is 0.295. The highest BCUT2D eigenvalue weighted by molar-refractivity contribution is 6.32. The van der Waals surface area contributed by atoms with E-state index in [2.05, 4.69) is 5.32 Å². The number of benzene rings is 1. The number of hydrogen-bond acceptors (Lipinski definition) is 4. The van der Waals surface area contributed by atoms with E-state index in [0.29, 0.717) is 16.5 Å². The number of halogens is 1. The van der Waals surface area contributed by atoms with Crippen molar-refractivity contribution in [1.82, 2.24) is 5.32 Å².